The summed E-state index contributed by atoms with van der Waals surface area (Å²) in [5.74, 6) is -0.553. The van der Waals surface area contributed by atoms with Gasteiger partial charge in [-0.3, -0.25) is 9.59 Å². The average Bonchev–Trinajstić information content (AvgIpc) is 3.20. The molecule has 0 aliphatic carbocycles. The summed E-state index contributed by atoms with van der Waals surface area (Å²) < 4.78 is 6.56. The van der Waals surface area contributed by atoms with Crippen LogP contribution in [0.1, 0.15) is 33.2 Å². The van der Waals surface area contributed by atoms with E-state index in [1.165, 1.54) is 4.52 Å². The van der Waals surface area contributed by atoms with Crippen molar-refractivity contribution in [3.05, 3.63) is 98.9 Å². The highest BCUT2D eigenvalue weighted by Crippen LogP contribution is 2.26. The number of aromatic nitrogens is 3. The number of rotatable bonds is 6. The number of amides is 1. The van der Waals surface area contributed by atoms with Crippen LogP contribution in [0.15, 0.2) is 59.5 Å². The van der Waals surface area contributed by atoms with Gasteiger partial charge >= 0.3 is 0 Å². The highest BCUT2D eigenvalue weighted by molar-refractivity contribution is 6.02. The number of fused-ring (bicyclic) bond motifs is 1. The molecule has 0 radical (unpaired) electrons. The lowest BCUT2D eigenvalue weighted by Gasteiger charge is -2.17. The summed E-state index contributed by atoms with van der Waals surface area (Å²) in [5, 5.41) is 7.18. The number of nitrogens with one attached hydrogen (secondary N) is 2. The molecule has 0 spiro atoms. The van der Waals surface area contributed by atoms with E-state index in [4.69, 9.17) is 11.3 Å². The molecular weight excluding hydrogens is 418 g/mol. The summed E-state index contributed by atoms with van der Waals surface area (Å²) in [6.07, 6.45) is 1.62. The topological polar surface area (TPSA) is 92.8 Å². The summed E-state index contributed by atoms with van der Waals surface area (Å²) in [4.78, 5) is 32.2. The van der Waals surface area contributed by atoms with Gasteiger partial charge in [0.05, 0.1) is 31.1 Å². The minimum atomic E-state index is -0.553. The van der Waals surface area contributed by atoms with Crippen molar-refractivity contribution in [2.75, 3.05) is 13.7 Å². The number of carbonyl (C=O) groups excluding carboxylic acids is 1. The fourth-order valence-corrected chi connectivity index (χ4v) is 3.68. The first-order valence-corrected chi connectivity index (χ1v) is 10.4. The number of aromatic amines is 1. The zero-order valence-corrected chi connectivity index (χ0v) is 18.5. The van der Waals surface area contributed by atoms with Crippen LogP contribution in [0.2, 0.25) is 0 Å². The van der Waals surface area contributed by atoms with Crippen molar-refractivity contribution >= 4 is 17.1 Å². The van der Waals surface area contributed by atoms with E-state index in [9.17, 15) is 9.59 Å². The first-order valence-electron chi connectivity index (χ1n) is 10.4. The van der Waals surface area contributed by atoms with Crippen LogP contribution in [0.25, 0.3) is 21.6 Å². The summed E-state index contributed by atoms with van der Waals surface area (Å²) in [7, 11) is 1.55. The van der Waals surface area contributed by atoms with Crippen molar-refractivity contribution < 1.29 is 9.53 Å². The van der Waals surface area contributed by atoms with E-state index in [0.29, 0.717) is 5.69 Å². The van der Waals surface area contributed by atoms with E-state index >= 15 is 0 Å². The number of nitrogens with zero attached hydrogens (tertiary/aromatic N) is 3. The van der Waals surface area contributed by atoms with Crippen LogP contribution in [-0.4, -0.2) is 34.2 Å². The molecule has 2 aromatic carbocycles. The molecule has 1 amide bonds. The molecule has 4 aromatic rings. The minimum absolute atomic E-state index is 0.0331. The zero-order chi connectivity index (χ0) is 23.5. The van der Waals surface area contributed by atoms with Gasteiger partial charge in [0.15, 0.2) is 5.69 Å². The molecule has 0 aliphatic rings. The van der Waals surface area contributed by atoms with Crippen LogP contribution in [0, 0.1) is 20.4 Å². The lowest BCUT2D eigenvalue weighted by molar-refractivity contribution is 0.0892. The van der Waals surface area contributed by atoms with Gasteiger partial charge in [-0.2, -0.15) is 5.10 Å². The summed E-state index contributed by atoms with van der Waals surface area (Å²) >= 11 is 0. The maximum Gasteiger partial charge on any atom is 0.263 e. The Morgan fingerprint density at radius 2 is 1.97 bits per heavy atom. The molecule has 0 saturated heterocycles. The zero-order valence-electron chi connectivity index (χ0n) is 18.5. The van der Waals surface area contributed by atoms with Crippen molar-refractivity contribution in [3.63, 3.8) is 0 Å². The van der Waals surface area contributed by atoms with Crippen LogP contribution in [-0.2, 0) is 4.74 Å². The third kappa shape index (κ3) is 4.27. The minimum Gasteiger partial charge on any atom is -0.382 e. The van der Waals surface area contributed by atoms with Crippen molar-refractivity contribution in [2.24, 2.45) is 0 Å². The second kappa shape index (κ2) is 9.10. The van der Waals surface area contributed by atoms with Crippen LogP contribution < -0.4 is 10.9 Å². The average molecular weight is 441 g/mol. The fraction of sp³-hybridized carbons (Fsp3) is 0.200. The summed E-state index contributed by atoms with van der Waals surface area (Å²) in [6.45, 7) is 11.8. The summed E-state index contributed by atoms with van der Waals surface area (Å²) in [5.41, 5.74) is 3.78. The Morgan fingerprint density at radius 1 is 1.21 bits per heavy atom. The largest absolute Gasteiger partial charge is 0.382 e. The number of hydrogen-bond acceptors (Lipinski definition) is 4. The van der Waals surface area contributed by atoms with Gasteiger partial charge in [-0.1, -0.05) is 42.5 Å². The molecule has 0 aliphatic heterocycles. The fourth-order valence-electron chi connectivity index (χ4n) is 3.68. The van der Waals surface area contributed by atoms with Crippen LogP contribution in [0.3, 0.4) is 0 Å². The van der Waals surface area contributed by atoms with E-state index < -0.39 is 17.5 Å². The van der Waals surface area contributed by atoms with E-state index in [2.05, 4.69) is 20.2 Å². The van der Waals surface area contributed by atoms with Gasteiger partial charge in [0.1, 0.15) is 5.52 Å². The highest BCUT2D eigenvalue weighted by atomic mass is 16.5. The highest BCUT2D eigenvalue weighted by Gasteiger charge is 2.25. The third-order valence-electron chi connectivity index (χ3n) is 5.59. The maximum absolute atomic E-state index is 13.1. The number of H-pyrrole nitrogens is 1. The van der Waals surface area contributed by atoms with Gasteiger partial charge < -0.3 is 15.0 Å². The third-order valence-corrected chi connectivity index (χ3v) is 5.59. The number of carbonyl (C=O) groups is 1. The number of ether oxygens (including phenoxy) is 1. The van der Waals surface area contributed by atoms with E-state index in [1.54, 1.807) is 13.3 Å². The molecule has 2 N–H and O–H groups in total. The molecule has 0 fully saturated rings. The first-order chi connectivity index (χ1) is 15.9. The summed E-state index contributed by atoms with van der Waals surface area (Å²) in [6, 6.07) is 14.8. The van der Waals surface area contributed by atoms with Gasteiger partial charge in [-0.25, -0.2) is 9.36 Å². The molecule has 33 heavy (non-hydrogen) atoms. The number of aryl methyl sites for hydroxylation is 2. The van der Waals surface area contributed by atoms with Gasteiger partial charge in [0.25, 0.3) is 11.5 Å². The van der Waals surface area contributed by atoms with E-state index in [1.807, 2.05) is 62.4 Å². The Balaban J connectivity index is 1.75. The molecule has 166 valence electrons. The van der Waals surface area contributed by atoms with Gasteiger partial charge in [-0.05, 0) is 42.2 Å². The van der Waals surface area contributed by atoms with E-state index in [-0.39, 0.29) is 23.5 Å². The molecule has 0 bridgehead atoms. The Morgan fingerprint density at radius 3 is 2.64 bits per heavy atom. The molecule has 4 rings (SSSR count). The standard InChI is InChI=1S/C25H23N5O3/c1-15-10-11-18(12-16(15)2)19-13-30-23(25(32)27-19)21(26-3)22(29-30)24(31)28-20(14-33-4)17-8-6-5-7-9-17/h5-13,20H,14H2,1-2,4H3,(H,27,32)(H,28,31)/t20-/m1/s1. The lowest BCUT2D eigenvalue weighted by atomic mass is 10.0. The molecule has 2 heterocycles. The van der Waals surface area contributed by atoms with Crippen LogP contribution >= 0.6 is 0 Å². The van der Waals surface area contributed by atoms with Crippen LogP contribution in [0.5, 0.6) is 0 Å². The molecular formula is C25H23N5O3. The van der Waals surface area contributed by atoms with E-state index in [0.717, 1.165) is 22.3 Å². The quantitative estimate of drug-likeness (QED) is 0.443. The second-order valence-corrected chi connectivity index (χ2v) is 7.79. The first kappa shape index (κ1) is 22.0. The molecule has 0 saturated carbocycles. The molecule has 0 unspecified atom stereocenters. The van der Waals surface area contributed by atoms with Gasteiger partial charge in [0.2, 0.25) is 5.69 Å². The normalized spacial score (nSPS) is 11.8. The number of methoxy groups -OCH3 is 1. The predicted octanol–water partition coefficient (Wildman–Crippen LogP) is 3.97. The van der Waals surface area contributed by atoms with Crippen molar-refractivity contribution in [1.82, 2.24) is 19.9 Å². The van der Waals surface area contributed by atoms with Crippen molar-refractivity contribution in [2.45, 2.75) is 19.9 Å². The molecule has 2 aromatic heterocycles. The molecule has 1 atom stereocenters. The maximum atomic E-state index is 13.1. The van der Waals surface area contributed by atoms with Crippen LogP contribution in [0.4, 0.5) is 5.69 Å². The lowest BCUT2D eigenvalue weighted by Crippen LogP contribution is -2.31. The monoisotopic (exact) mass is 441 g/mol. The Labute approximate surface area is 190 Å². The van der Waals surface area contributed by atoms with Crippen molar-refractivity contribution in [3.8, 4) is 11.3 Å². The smallest absolute Gasteiger partial charge is 0.263 e. The second-order valence-electron chi connectivity index (χ2n) is 7.79. The van der Waals surface area contributed by atoms with Gasteiger partial charge in [0, 0.05) is 7.11 Å². The number of hydrogen-bond donors (Lipinski definition) is 2. The Kier molecular flexibility index (Phi) is 6.07. The predicted molar refractivity (Wildman–Crippen MR) is 126 cm³/mol. The Hall–Kier alpha value is -4.22. The molecule has 8 nitrogen and oxygen atoms in total. The number of benzene rings is 2. The van der Waals surface area contributed by atoms with Gasteiger partial charge in [-0.15, -0.1) is 0 Å². The van der Waals surface area contributed by atoms with Crippen molar-refractivity contribution in [1.29, 1.82) is 0 Å². The SMILES string of the molecule is [C-]#[N+]c1c(C(=O)N[C@H](COC)c2ccccc2)nn2cc(-c3ccc(C)c(C)c3)[nH]c(=O)c12. The Bertz CT molecular complexity index is 1430. The molecule has 8 heteroatoms.